The molecule has 0 aliphatic rings. The summed E-state index contributed by atoms with van der Waals surface area (Å²) in [6.07, 6.45) is -4.62. The zero-order valence-electron chi connectivity index (χ0n) is 10.6. The van der Waals surface area contributed by atoms with Crippen LogP contribution in [-0.4, -0.2) is 16.9 Å². The highest BCUT2D eigenvalue weighted by Gasteiger charge is 2.39. The standard InChI is InChI=1S/C12H11ClF3N3O/c1-19-10(9(13)11(18-19)12(14,15)16)7-5-6(17)3-4-8(7)20-2/h3-5H,17H2,1-2H3. The Kier molecular flexibility index (Phi) is 3.56. The number of alkyl halides is 3. The van der Waals surface area contributed by atoms with Crippen molar-refractivity contribution in [2.24, 2.45) is 7.05 Å². The number of hydrogen-bond acceptors (Lipinski definition) is 3. The van der Waals surface area contributed by atoms with E-state index in [1.54, 1.807) is 12.1 Å². The third-order valence-electron chi connectivity index (χ3n) is 2.74. The highest BCUT2D eigenvalue weighted by atomic mass is 35.5. The predicted octanol–water partition coefficient (Wildman–Crippen LogP) is 3.35. The van der Waals surface area contributed by atoms with Gasteiger partial charge in [0.15, 0.2) is 5.69 Å². The molecular formula is C12H11ClF3N3O. The van der Waals surface area contributed by atoms with E-state index in [0.717, 1.165) is 4.68 Å². The van der Waals surface area contributed by atoms with E-state index in [0.29, 0.717) is 17.0 Å². The van der Waals surface area contributed by atoms with E-state index in [4.69, 9.17) is 22.1 Å². The quantitative estimate of drug-likeness (QED) is 0.866. The monoisotopic (exact) mass is 305 g/mol. The summed E-state index contributed by atoms with van der Waals surface area (Å²) in [7, 11) is 2.78. The van der Waals surface area contributed by atoms with E-state index >= 15 is 0 Å². The van der Waals surface area contributed by atoms with Crippen LogP contribution in [-0.2, 0) is 13.2 Å². The van der Waals surface area contributed by atoms with Crippen LogP contribution in [0.15, 0.2) is 18.2 Å². The lowest BCUT2D eigenvalue weighted by Gasteiger charge is -2.10. The van der Waals surface area contributed by atoms with Crippen molar-refractivity contribution >= 4 is 17.3 Å². The van der Waals surface area contributed by atoms with Crippen molar-refractivity contribution in [3.05, 3.63) is 28.9 Å². The molecule has 2 N–H and O–H groups in total. The van der Waals surface area contributed by atoms with Crippen LogP contribution in [0.5, 0.6) is 5.75 Å². The number of hydrogen-bond donors (Lipinski definition) is 1. The van der Waals surface area contributed by atoms with E-state index in [1.807, 2.05) is 0 Å². The van der Waals surface area contributed by atoms with Crippen LogP contribution in [0.4, 0.5) is 18.9 Å². The molecule has 0 radical (unpaired) electrons. The van der Waals surface area contributed by atoms with Crippen LogP contribution >= 0.6 is 11.6 Å². The molecule has 1 aromatic carbocycles. The summed E-state index contributed by atoms with van der Waals surface area (Å²) in [5, 5.41) is 2.94. The lowest BCUT2D eigenvalue weighted by atomic mass is 10.1. The second kappa shape index (κ2) is 4.90. The molecular weight excluding hydrogens is 295 g/mol. The topological polar surface area (TPSA) is 53.1 Å². The van der Waals surface area contributed by atoms with E-state index < -0.39 is 16.9 Å². The molecule has 4 nitrogen and oxygen atoms in total. The Balaban J connectivity index is 2.71. The molecule has 0 saturated heterocycles. The Hall–Kier alpha value is -1.89. The number of benzene rings is 1. The lowest BCUT2D eigenvalue weighted by molar-refractivity contribution is -0.141. The number of methoxy groups -OCH3 is 1. The van der Waals surface area contributed by atoms with Crippen LogP contribution in [0.25, 0.3) is 11.3 Å². The van der Waals surface area contributed by atoms with Gasteiger partial charge in [0.05, 0.1) is 17.8 Å². The number of anilines is 1. The van der Waals surface area contributed by atoms with Gasteiger partial charge < -0.3 is 10.5 Å². The lowest BCUT2D eigenvalue weighted by Crippen LogP contribution is -2.07. The molecule has 0 amide bonds. The summed E-state index contributed by atoms with van der Waals surface area (Å²) >= 11 is 5.83. The number of ether oxygens (including phenoxy) is 1. The Morgan fingerprint density at radius 2 is 2.00 bits per heavy atom. The van der Waals surface area contributed by atoms with Gasteiger partial charge in [-0.25, -0.2) is 0 Å². The van der Waals surface area contributed by atoms with Crippen LogP contribution in [0.1, 0.15) is 5.69 Å². The molecule has 0 atom stereocenters. The van der Waals surface area contributed by atoms with Gasteiger partial charge >= 0.3 is 6.18 Å². The van der Waals surface area contributed by atoms with Crippen LogP contribution in [0.2, 0.25) is 5.02 Å². The van der Waals surface area contributed by atoms with Crippen molar-refractivity contribution in [3.8, 4) is 17.0 Å². The third-order valence-corrected chi connectivity index (χ3v) is 3.09. The number of nitrogens with two attached hydrogens (primary N) is 1. The summed E-state index contributed by atoms with van der Waals surface area (Å²) in [5.41, 5.74) is 5.36. The smallest absolute Gasteiger partial charge is 0.436 e. The first-order valence-corrected chi connectivity index (χ1v) is 5.87. The highest BCUT2D eigenvalue weighted by molar-refractivity contribution is 6.34. The van der Waals surface area contributed by atoms with Crippen LogP contribution in [0, 0.1) is 0 Å². The molecule has 20 heavy (non-hydrogen) atoms. The first-order valence-electron chi connectivity index (χ1n) is 5.49. The molecule has 108 valence electrons. The summed E-state index contributed by atoms with van der Waals surface area (Å²) in [6, 6.07) is 4.63. The number of nitrogen functional groups attached to an aromatic ring is 1. The second-order valence-corrected chi connectivity index (χ2v) is 4.47. The Bertz CT molecular complexity index is 652. The van der Waals surface area contributed by atoms with E-state index in [2.05, 4.69) is 5.10 Å². The fourth-order valence-electron chi connectivity index (χ4n) is 1.88. The maximum Gasteiger partial charge on any atom is 0.436 e. The van der Waals surface area contributed by atoms with Gasteiger partial charge in [-0.2, -0.15) is 18.3 Å². The number of halogens is 4. The molecule has 1 heterocycles. The van der Waals surface area contributed by atoms with Crippen molar-refractivity contribution in [3.63, 3.8) is 0 Å². The van der Waals surface area contributed by atoms with Gasteiger partial charge in [0.2, 0.25) is 0 Å². The van der Waals surface area contributed by atoms with Crippen molar-refractivity contribution < 1.29 is 17.9 Å². The number of aryl methyl sites for hydroxylation is 1. The van der Waals surface area contributed by atoms with Gasteiger partial charge in [-0.15, -0.1) is 0 Å². The fourth-order valence-corrected chi connectivity index (χ4v) is 2.25. The first kappa shape index (κ1) is 14.5. The molecule has 0 fully saturated rings. The van der Waals surface area contributed by atoms with Crippen molar-refractivity contribution in [2.75, 3.05) is 12.8 Å². The predicted molar refractivity (Wildman–Crippen MR) is 69.6 cm³/mol. The van der Waals surface area contributed by atoms with Crippen molar-refractivity contribution in [1.29, 1.82) is 0 Å². The maximum absolute atomic E-state index is 12.8. The van der Waals surface area contributed by atoms with E-state index in [1.165, 1.54) is 20.2 Å². The molecule has 0 bridgehead atoms. The number of rotatable bonds is 2. The molecule has 8 heteroatoms. The number of nitrogens with zero attached hydrogens (tertiary/aromatic N) is 2. The van der Waals surface area contributed by atoms with Crippen LogP contribution < -0.4 is 10.5 Å². The molecule has 0 spiro atoms. The van der Waals surface area contributed by atoms with Gasteiger partial charge in [0.25, 0.3) is 0 Å². The van der Waals surface area contributed by atoms with Gasteiger partial charge in [-0.05, 0) is 18.2 Å². The Morgan fingerprint density at radius 1 is 1.35 bits per heavy atom. The minimum atomic E-state index is -4.62. The minimum absolute atomic E-state index is 0.100. The zero-order chi connectivity index (χ0) is 15.1. The molecule has 2 aromatic rings. The second-order valence-electron chi connectivity index (χ2n) is 4.09. The summed E-state index contributed by atoms with van der Waals surface area (Å²) in [5.74, 6) is 0.359. The van der Waals surface area contributed by atoms with E-state index in [-0.39, 0.29) is 5.69 Å². The molecule has 2 rings (SSSR count). The molecule has 0 saturated carbocycles. The van der Waals surface area contributed by atoms with Crippen molar-refractivity contribution in [2.45, 2.75) is 6.18 Å². The van der Waals surface area contributed by atoms with Crippen molar-refractivity contribution in [1.82, 2.24) is 9.78 Å². The average Bonchev–Trinajstić information content (AvgIpc) is 2.64. The fraction of sp³-hybridized carbons (Fsp3) is 0.250. The molecule has 1 aromatic heterocycles. The minimum Gasteiger partial charge on any atom is -0.496 e. The van der Waals surface area contributed by atoms with Gasteiger partial charge in [-0.3, -0.25) is 4.68 Å². The molecule has 0 unspecified atom stereocenters. The third kappa shape index (κ3) is 2.40. The van der Waals surface area contributed by atoms with Gasteiger partial charge in [0.1, 0.15) is 5.75 Å². The Labute approximate surface area is 117 Å². The van der Waals surface area contributed by atoms with Gasteiger partial charge in [0, 0.05) is 18.3 Å². The summed E-state index contributed by atoms with van der Waals surface area (Å²) < 4.78 is 44.6. The normalized spacial score (nSPS) is 11.7. The summed E-state index contributed by atoms with van der Waals surface area (Å²) in [4.78, 5) is 0. The number of aromatic nitrogens is 2. The highest BCUT2D eigenvalue weighted by Crippen LogP contribution is 2.42. The largest absolute Gasteiger partial charge is 0.496 e. The zero-order valence-corrected chi connectivity index (χ0v) is 11.4. The Morgan fingerprint density at radius 3 is 2.50 bits per heavy atom. The maximum atomic E-state index is 12.8. The first-order chi connectivity index (χ1) is 9.25. The van der Waals surface area contributed by atoms with Crippen LogP contribution in [0.3, 0.4) is 0 Å². The molecule has 0 aliphatic heterocycles. The molecule has 0 aliphatic carbocycles. The summed E-state index contributed by atoms with van der Waals surface area (Å²) in [6.45, 7) is 0. The SMILES string of the molecule is COc1ccc(N)cc1-c1c(Cl)c(C(F)(F)F)nn1C. The van der Waals surface area contributed by atoms with E-state index in [9.17, 15) is 13.2 Å². The van der Waals surface area contributed by atoms with Gasteiger partial charge in [-0.1, -0.05) is 11.6 Å². The average molecular weight is 306 g/mol.